The lowest BCUT2D eigenvalue weighted by Gasteiger charge is -2.47. The van der Waals surface area contributed by atoms with Crippen molar-refractivity contribution in [2.24, 2.45) is 11.7 Å². The molecule has 1 aliphatic carbocycles. The Hall–Kier alpha value is -0.120. The first-order chi connectivity index (χ1) is 7.78. The van der Waals surface area contributed by atoms with E-state index < -0.39 is 0 Å². The minimum absolute atomic E-state index is 0.296. The number of likely N-dealkylation sites (tertiary alicyclic amines) is 1. The summed E-state index contributed by atoms with van der Waals surface area (Å²) >= 11 is 0. The standard InChI is InChI=1S/C13H24N2O/c1-2-13(9-14,10-3-4-10)15-7-11-5-6-12(8-15)16-11/h10-12H,2-9,14H2,1H3. The summed E-state index contributed by atoms with van der Waals surface area (Å²) in [6, 6.07) is 0. The zero-order valence-corrected chi connectivity index (χ0v) is 10.3. The molecule has 0 spiro atoms. The molecule has 3 heteroatoms. The first-order valence-electron chi connectivity index (χ1n) is 6.89. The zero-order chi connectivity index (χ0) is 11.2. The average molecular weight is 224 g/mol. The van der Waals surface area contributed by atoms with Crippen LogP contribution in [0.1, 0.15) is 39.0 Å². The molecule has 2 aliphatic heterocycles. The van der Waals surface area contributed by atoms with Gasteiger partial charge in [-0.05, 0) is 38.0 Å². The van der Waals surface area contributed by atoms with Crippen molar-refractivity contribution in [3.05, 3.63) is 0 Å². The Kier molecular flexibility index (Phi) is 2.73. The molecule has 2 heterocycles. The van der Waals surface area contributed by atoms with E-state index in [1.54, 1.807) is 0 Å². The third-order valence-corrected chi connectivity index (χ3v) is 4.98. The lowest BCUT2D eigenvalue weighted by Crippen LogP contribution is -2.60. The van der Waals surface area contributed by atoms with E-state index in [-0.39, 0.29) is 0 Å². The summed E-state index contributed by atoms with van der Waals surface area (Å²) in [5.41, 5.74) is 6.42. The van der Waals surface area contributed by atoms with Crippen LogP contribution >= 0.6 is 0 Å². The van der Waals surface area contributed by atoms with Crippen LogP contribution < -0.4 is 5.73 Å². The Labute approximate surface area is 98.3 Å². The first kappa shape index (κ1) is 11.0. The molecule has 2 bridgehead atoms. The molecule has 3 atom stereocenters. The molecule has 3 aliphatic rings. The monoisotopic (exact) mass is 224 g/mol. The van der Waals surface area contributed by atoms with Gasteiger partial charge in [0.05, 0.1) is 12.2 Å². The third-order valence-electron chi connectivity index (χ3n) is 4.98. The maximum Gasteiger partial charge on any atom is 0.0707 e. The van der Waals surface area contributed by atoms with Gasteiger partial charge in [0.1, 0.15) is 0 Å². The molecule has 16 heavy (non-hydrogen) atoms. The highest BCUT2D eigenvalue weighted by Crippen LogP contribution is 2.46. The van der Waals surface area contributed by atoms with Gasteiger partial charge < -0.3 is 10.5 Å². The van der Waals surface area contributed by atoms with Crippen molar-refractivity contribution in [2.75, 3.05) is 19.6 Å². The SMILES string of the molecule is CCC(CN)(C1CC1)N1CC2CCC(C1)O2. The molecule has 3 rings (SSSR count). The molecule has 3 nitrogen and oxygen atoms in total. The fourth-order valence-corrected chi connectivity index (χ4v) is 3.81. The molecular formula is C13H24N2O. The van der Waals surface area contributed by atoms with Gasteiger partial charge in [-0.3, -0.25) is 4.90 Å². The predicted octanol–water partition coefficient (Wildman–Crippen LogP) is 1.37. The van der Waals surface area contributed by atoms with Gasteiger partial charge in [-0.15, -0.1) is 0 Å². The van der Waals surface area contributed by atoms with Crippen LogP contribution in [0.2, 0.25) is 0 Å². The fourth-order valence-electron chi connectivity index (χ4n) is 3.81. The maximum atomic E-state index is 6.12. The summed E-state index contributed by atoms with van der Waals surface area (Å²) in [7, 11) is 0. The minimum atomic E-state index is 0.296. The second-order valence-electron chi connectivity index (χ2n) is 5.80. The summed E-state index contributed by atoms with van der Waals surface area (Å²) in [5, 5.41) is 0. The van der Waals surface area contributed by atoms with Crippen molar-refractivity contribution in [3.8, 4) is 0 Å². The molecule has 0 aromatic carbocycles. The quantitative estimate of drug-likeness (QED) is 0.784. The number of hydrogen-bond donors (Lipinski definition) is 1. The number of nitrogens with zero attached hydrogens (tertiary/aromatic N) is 1. The smallest absolute Gasteiger partial charge is 0.0707 e. The second-order valence-corrected chi connectivity index (χ2v) is 5.80. The van der Waals surface area contributed by atoms with E-state index in [0.717, 1.165) is 25.6 Å². The summed E-state index contributed by atoms with van der Waals surface area (Å²) < 4.78 is 5.93. The van der Waals surface area contributed by atoms with Crippen molar-refractivity contribution in [1.82, 2.24) is 4.90 Å². The third kappa shape index (κ3) is 1.60. The molecule has 2 saturated heterocycles. The maximum absolute atomic E-state index is 6.12. The average Bonchev–Trinajstić information content (AvgIpc) is 3.09. The number of ether oxygens (including phenoxy) is 1. The predicted molar refractivity (Wildman–Crippen MR) is 64.3 cm³/mol. The van der Waals surface area contributed by atoms with Gasteiger partial charge in [0.2, 0.25) is 0 Å². The Morgan fingerprint density at radius 2 is 1.81 bits per heavy atom. The number of fused-ring (bicyclic) bond motifs is 2. The van der Waals surface area contributed by atoms with E-state index in [1.807, 2.05) is 0 Å². The van der Waals surface area contributed by atoms with Gasteiger partial charge in [0.25, 0.3) is 0 Å². The van der Waals surface area contributed by atoms with Crippen molar-refractivity contribution in [1.29, 1.82) is 0 Å². The highest BCUT2D eigenvalue weighted by molar-refractivity contribution is 5.05. The van der Waals surface area contributed by atoms with Gasteiger partial charge in [-0.25, -0.2) is 0 Å². The molecule has 92 valence electrons. The highest BCUT2D eigenvalue weighted by Gasteiger charge is 2.50. The van der Waals surface area contributed by atoms with Crippen molar-refractivity contribution >= 4 is 0 Å². The van der Waals surface area contributed by atoms with Gasteiger partial charge in [0, 0.05) is 25.2 Å². The number of morpholine rings is 1. The highest BCUT2D eigenvalue weighted by atomic mass is 16.5. The van der Waals surface area contributed by atoms with Crippen LogP contribution in [0.25, 0.3) is 0 Å². The van der Waals surface area contributed by atoms with Crippen LogP contribution in [0.3, 0.4) is 0 Å². The topological polar surface area (TPSA) is 38.5 Å². The van der Waals surface area contributed by atoms with Crippen LogP contribution in [0, 0.1) is 5.92 Å². The largest absolute Gasteiger partial charge is 0.372 e. The summed E-state index contributed by atoms with van der Waals surface area (Å²) in [6.07, 6.45) is 7.49. The van der Waals surface area contributed by atoms with E-state index in [9.17, 15) is 0 Å². The number of hydrogen-bond acceptors (Lipinski definition) is 3. The Bertz CT molecular complexity index is 249. The Morgan fingerprint density at radius 1 is 1.19 bits per heavy atom. The molecule has 0 aromatic heterocycles. The Balaban J connectivity index is 1.78. The lowest BCUT2D eigenvalue weighted by molar-refractivity contribution is -0.0836. The summed E-state index contributed by atoms with van der Waals surface area (Å²) in [4.78, 5) is 2.68. The van der Waals surface area contributed by atoms with E-state index in [4.69, 9.17) is 10.5 Å². The van der Waals surface area contributed by atoms with Crippen LogP contribution in [-0.2, 0) is 4.74 Å². The normalized spacial score (nSPS) is 38.6. The van der Waals surface area contributed by atoms with Crippen molar-refractivity contribution < 1.29 is 4.74 Å². The minimum Gasteiger partial charge on any atom is -0.372 e. The van der Waals surface area contributed by atoms with E-state index in [2.05, 4.69) is 11.8 Å². The lowest BCUT2D eigenvalue weighted by atomic mass is 9.87. The van der Waals surface area contributed by atoms with Crippen LogP contribution in [0.15, 0.2) is 0 Å². The second kappa shape index (κ2) is 3.97. The molecule has 3 unspecified atom stereocenters. The van der Waals surface area contributed by atoms with Crippen LogP contribution in [-0.4, -0.2) is 42.3 Å². The molecular weight excluding hydrogens is 200 g/mol. The number of rotatable bonds is 4. The van der Waals surface area contributed by atoms with Crippen LogP contribution in [0.5, 0.6) is 0 Å². The zero-order valence-electron chi connectivity index (χ0n) is 10.3. The molecule has 0 amide bonds. The fraction of sp³-hybridized carbons (Fsp3) is 1.00. The molecule has 0 aromatic rings. The van der Waals surface area contributed by atoms with Crippen LogP contribution in [0.4, 0.5) is 0 Å². The van der Waals surface area contributed by atoms with E-state index >= 15 is 0 Å². The molecule has 3 fully saturated rings. The Morgan fingerprint density at radius 3 is 2.25 bits per heavy atom. The molecule has 1 saturated carbocycles. The van der Waals surface area contributed by atoms with E-state index in [1.165, 1.54) is 32.1 Å². The molecule has 2 N–H and O–H groups in total. The van der Waals surface area contributed by atoms with E-state index in [0.29, 0.717) is 17.7 Å². The number of nitrogens with two attached hydrogens (primary N) is 1. The van der Waals surface area contributed by atoms with Crippen molar-refractivity contribution in [3.63, 3.8) is 0 Å². The first-order valence-corrected chi connectivity index (χ1v) is 6.89. The summed E-state index contributed by atoms with van der Waals surface area (Å²) in [6.45, 7) is 5.38. The van der Waals surface area contributed by atoms with Crippen molar-refractivity contribution in [2.45, 2.75) is 56.8 Å². The van der Waals surface area contributed by atoms with Gasteiger partial charge >= 0.3 is 0 Å². The van der Waals surface area contributed by atoms with Gasteiger partial charge in [-0.1, -0.05) is 6.92 Å². The van der Waals surface area contributed by atoms with Gasteiger partial charge in [-0.2, -0.15) is 0 Å². The van der Waals surface area contributed by atoms with Gasteiger partial charge in [0.15, 0.2) is 0 Å². The molecule has 0 radical (unpaired) electrons. The summed E-state index contributed by atoms with van der Waals surface area (Å²) in [5.74, 6) is 0.861.